The van der Waals surface area contributed by atoms with E-state index in [1.54, 1.807) is 11.1 Å². The lowest BCUT2D eigenvalue weighted by atomic mass is 9.87. The molecule has 1 unspecified atom stereocenters. The maximum absolute atomic E-state index is 12.6. The fraction of sp³-hybridized carbons (Fsp3) is 0.565. The van der Waals surface area contributed by atoms with Gasteiger partial charge in [0.1, 0.15) is 11.8 Å². The Balaban J connectivity index is 1.76. The first-order valence-corrected chi connectivity index (χ1v) is 11.4. The van der Waals surface area contributed by atoms with Crippen LogP contribution >= 0.6 is 0 Å². The molecule has 0 saturated carbocycles. The van der Waals surface area contributed by atoms with Crippen molar-refractivity contribution in [2.75, 3.05) is 40.3 Å². The molecule has 10 heteroatoms. The number of unbranched alkanes of at least 4 members (excludes halogenated alkanes) is 1. The molecule has 2 atom stereocenters. The van der Waals surface area contributed by atoms with E-state index in [4.69, 9.17) is 5.26 Å². The van der Waals surface area contributed by atoms with Crippen molar-refractivity contribution < 1.29 is 14.2 Å². The smallest absolute Gasteiger partial charge is 0.335 e. The Kier molecular flexibility index (Phi) is 8.49. The molecule has 1 aliphatic rings. The summed E-state index contributed by atoms with van der Waals surface area (Å²) in [5.41, 5.74) is 0.551. The SMILES string of the molecule is CNCCCCNC(=O)n1ccc2c(/[N+](C)=C\C3CN(C(=O)CC#N)CC[C@H]3C)ncnc21. The van der Waals surface area contributed by atoms with Crippen LogP contribution in [0.2, 0.25) is 0 Å². The fourth-order valence-corrected chi connectivity index (χ4v) is 4.15. The molecule has 0 aliphatic carbocycles. The highest BCUT2D eigenvalue weighted by Gasteiger charge is 2.29. The van der Waals surface area contributed by atoms with Gasteiger partial charge in [0.2, 0.25) is 12.2 Å². The van der Waals surface area contributed by atoms with E-state index >= 15 is 0 Å². The van der Waals surface area contributed by atoms with Crippen LogP contribution in [0.25, 0.3) is 11.0 Å². The molecule has 0 spiro atoms. The predicted octanol–water partition coefficient (Wildman–Crippen LogP) is 1.73. The second-order valence-electron chi connectivity index (χ2n) is 8.53. The summed E-state index contributed by atoms with van der Waals surface area (Å²) in [6, 6.07) is 3.58. The number of aromatic nitrogens is 3. The summed E-state index contributed by atoms with van der Waals surface area (Å²) in [4.78, 5) is 35.4. The summed E-state index contributed by atoms with van der Waals surface area (Å²) in [6.07, 6.45) is 7.95. The summed E-state index contributed by atoms with van der Waals surface area (Å²) in [5.74, 6) is 1.12. The molecule has 3 heterocycles. The van der Waals surface area contributed by atoms with E-state index in [9.17, 15) is 9.59 Å². The zero-order valence-corrected chi connectivity index (χ0v) is 19.6. The molecule has 33 heavy (non-hydrogen) atoms. The predicted molar refractivity (Wildman–Crippen MR) is 125 cm³/mol. The van der Waals surface area contributed by atoms with Gasteiger partial charge in [0, 0.05) is 31.7 Å². The average Bonchev–Trinajstić information content (AvgIpc) is 3.24. The van der Waals surface area contributed by atoms with Gasteiger partial charge in [0.25, 0.3) is 0 Å². The van der Waals surface area contributed by atoms with Crippen LogP contribution in [0.5, 0.6) is 0 Å². The Morgan fingerprint density at radius 1 is 1.33 bits per heavy atom. The first-order valence-electron chi connectivity index (χ1n) is 11.4. The van der Waals surface area contributed by atoms with Crippen molar-refractivity contribution in [2.45, 2.75) is 32.6 Å². The monoisotopic (exact) mass is 453 g/mol. The number of hydrogen-bond acceptors (Lipinski definition) is 6. The average molecular weight is 454 g/mol. The quantitative estimate of drug-likeness (QED) is 0.357. The van der Waals surface area contributed by atoms with Crippen LogP contribution in [0.4, 0.5) is 10.6 Å². The molecular weight excluding hydrogens is 420 g/mol. The number of piperidine rings is 1. The molecule has 2 N–H and O–H groups in total. The molecule has 1 fully saturated rings. The summed E-state index contributed by atoms with van der Waals surface area (Å²) >= 11 is 0. The third-order valence-electron chi connectivity index (χ3n) is 6.16. The number of nitriles is 1. The lowest BCUT2D eigenvalue weighted by Crippen LogP contribution is -2.44. The fourth-order valence-electron chi connectivity index (χ4n) is 4.15. The lowest BCUT2D eigenvalue weighted by molar-refractivity contribution is -0.405. The highest BCUT2D eigenvalue weighted by molar-refractivity contribution is 5.93. The molecule has 2 aromatic rings. The van der Waals surface area contributed by atoms with Crippen LogP contribution < -0.4 is 10.6 Å². The minimum Gasteiger partial charge on any atom is -0.341 e. The van der Waals surface area contributed by atoms with Gasteiger partial charge in [-0.3, -0.25) is 9.36 Å². The highest BCUT2D eigenvalue weighted by atomic mass is 16.2. The minimum absolute atomic E-state index is 0.0887. The van der Waals surface area contributed by atoms with Gasteiger partial charge in [-0.15, -0.1) is 0 Å². The number of hydrogen-bond donors (Lipinski definition) is 2. The van der Waals surface area contributed by atoms with Crippen LogP contribution in [-0.2, 0) is 4.79 Å². The Hall–Kier alpha value is -3.32. The van der Waals surface area contributed by atoms with E-state index in [2.05, 4.69) is 33.7 Å². The van der Waals surface area contributed by atoms with Crippen molar-refractivity contribution in [1.82, 2.24) is 30.1 Å². The summed E-state index contributed by atoms with van der Waals surface area (Å²) in [7, 11) is 3.83. The zero-order chi connectivity index (χ0) is 23.8. The van der Waals surface area contributed by atoms with E-state index < -0.39 is 0 Å². The molecule has 3 rings (SSSR count). The Morgan fingerprint density at radius 2 is 2.12 bits per heavy atom. The van der Waals surface area contributed by atoms with Crippen molar-refractivity contribution in [3.63, 3.8) is 0 Å². The Bertz CT molecular complexity index is 1050. The van der Waals surface area contributed by atoms with Gasteiger partial charge >= 0.3 is 11.8 Å². The van der Waals surface area contributed by atoms with Crippen LogP contribution in [0.3, 0.4) is 0 Å². The molecule has 1 saturated heterocycles. The molecular formula is C23H33N8O2+. The molecule has 1 aliphatic heterocycles. The van der Waals surface area contributed by atoms with Gasteiger partial charge in [0.15, 0.2) is 5.65 Å². The Labute approximate surface area is 194 Å². The summed E-state index contributed by atoms with van der Waals surface area (Å²) in [6.45, 7) is 4.96. The van der Waals surface area contributed by atoms with Gasteiger partial charge in [-0.1, -0.05) is 6.92 Å². The second kappa shape index (κ2) is 11.5. The van der Waals surface area contributed by atoms with Crippen molar-refractivity contribution in [1.29, 1.82) is 5.26 Å². The molecule has 2 aromatic heterocycles. The van der Waals surface area contributed by atoms with Crippen LogP contribution in [0, 0.1) is 23.2 Å². The molecule has 0 radical (unpaired) electrons. The van der Waals surface area contributed by atoms with Gasteiger partial charge in [-0.2, -0.15) is 10.2 Å². The van der Waals surface area contributed by atoms with E-state index in [0.29, 0.717) is 37.0 Å². The molecule has 0 bridgehead atoms. The maximum Gasteiger partial charge on any atom is 0.335 e. The minimum atomic E-state index is -0.210. The second-order valence-corrected chi connectivity index (χ2v) is 8.53. The third-order valence-corrected chi connectivity index (χ3v) is 6.16. The number of nitrogens with zero attached hydrogens (tertiary/aromatic N) is 6. The van der Waals surface area contributed by atoms with Crippen LogP contribution in [0.1, 0.15) is 32.6 Å². The number of carbonyl (C=O) groups is 2. The Morgan fingerprint density at radius 3 is 2.88 bits per heavy atom. The van der Waals surface area contributed by atoms with Crippen LogP contribution in [-0.4, -0.2) is 82.4 Å². The normalized spacial score (nSPS) is 18.8. The van der Waals surface area contributed by atoms with Crippen molar-refractivity contribution in [2.24, 2.45) is 11.8 Å². The maximum atomic E-state index is 12.6. The van der Waals surface area contributed by atoms with Gasteiger partial charge < -0.3 is 15.5 Å². The first-order chi connectivity index (χ1) is 16.0. The summed E-state index contributed by atoms with van der Waals surface area (Å²) < 4.78 is 3.46. The number of amides is 2. The third kappa shape index (κ3) is 5.93. The number of likely N-dealkylation sites (tertiary alicyclic amines) is 1. The summed E-state index contributed by atoms with van der Waals surface area (Å²) in [5, 5.41) is 15.7. The topological polar surface area (TPSA) is 119 Å². The van der Waals surface area contributed by atoms with E-state index in [-0.39, 0.29) is 24.3 Å². The van der Waals surface area contributed by atoms with Crippen molar-refractivity contribution in [3.8, 4) is 6.07 Å². The van der Waals surface area contributed by atoms with Gasteiger partial charge in [0.05, 0.1) is 19.3 Å². The van der Waals surface area contributed by atoms with Crippen molar-refractivity contribution >= 4 is 35.0 Å². The first kappa shape index (κ1) is 24.3. The molecule has 10 nitrogen and oxygen atoms in total. The molecule has 2 amide bonds. The standard InChI is InChI=1S/C23H32N8O2/c1-17-7-12-30(20(32)6-9-24)15-18(17)14-29(3)21-19-8-13-31(22(19)28-16-27-21)23(33)26-11-5-4-10-25-2/h8,13-14,16-18,25H,4-7,10-12,15H2,1-3H3/p+1/b29-14-/t17-,18?/m1/s1. The van der Waals surface area contributed by atoms with E-state index in [1.807, 2.05) is 30.8 Å². The zero-order valence-electron chi connectivity index (χ0n) is 19.6. The lowest BCUT2D eigenvalue weighted by Gasteiger charge is -2.34. The van der Waals surface area contributed by atoms with E-state index in [1.165, 1.54) is 10.9 Å². The number of fused-ring (bicyclic) bond motifs is 1. The number of nitrogens with one attached hydrogen (secondary N) is 2. The molecule has 176 valence electrons. The largest absolute Gasteiger partial charge is 0.341 e. The number of rotatable bonds is 8. The van der Waals surface area contributed by atoms with Gasteiger partial charge in [-0.25, -0.2) is 9.37 Å². The van der Waals surface area contributed by atoms with Gasteiger partial charge in [-0.05, 0) is 49.8 Å². The van der Waals surface area contributed by atoms with Crippen LogP contribution in [0.15, 0.2) is 18.6 Å². The van der Waals surface area contributed by atoms with E-state index in [0.717, 1.165) is 31.2 Å². The van der Waals surface area contributed by atoms with Crippen molar-refractivity contribution in [3.05, 3.63) is 18.6 Å². The highest BCUT2D eigenvalue weighted by Crippen LogP contribution is 2.25. The number of carbonyl (C=O) groups excluding carboxylic acids is 2. The molecule has 0 aromatic carbocycles.